The summed E-state index contributed by atoms with van der Waals surface area (Å²) in [5.74, 6) is 0.507. The van der Waals surface area contributed by atoms with Crippen molar-refractivity contribution in [2.45, 2.75) is 136 Å². The van der Waals surface area contributed by atoms with Gasteiger partial charge in [0.15, 0.2) is 12.6 Å². The summed E-state index contributed by atoms with van der Waals surface area (Å²) in [6, 6.07) is -2.99. The SMILES string of the molecule is NC[C@H]1O[C@H](O[C@H]2[C@H](O)[C@@H](O[C@H]3O[C@H](CSC4CCCCC4)[C@@H](O)[C@H](N)[C@H]3O)[C@H](N)C[C@@H]2N)[C@H](N)C[C@@H]1O. The highest BCUT2D eigenvalue weighted by Crippen LogP contribution is 2.33. The molecule has 2 aliphatic carbocycles. The molecule has 4 rings (SSSR count). The van der Waals surface area contributed by atoms with E-state index in [-0.39, 0.29) is 19.4 Å². The lowest BCUT2D eigenvalue weighted by Crippen LogP contribution is -2.68. The van der Waals surface area contributed by atoms with Crippen molar-refractivity contribution < 1.29 is 39.4 Å². The number of hydrogen-bond acceptors (Lipinski definition) is 14. The average Bonchev–Trinajstić information content (AvgIpc) is 2.89. The van der Waals surface area contributed by atoms with E-state index in [2.05, 4.69) is 0 Å². The predicted octanol–water partition coefficient (Wildman–Crippen LogP) is -3.22. The first kappa shape index (κ1) is 30.8. The van der Waals surface area contributed by atoms with Crippen LogP contribution in [-0.4, -0.2) is 124 Å². The van der Waals surface area contributed by atoms with Gasteiger partial charge in [-0.3, -0.25) is 0 Å². The largest absolute Gasteiger partial charge is 0.390 e. The second kappa shape index (κ2) is 13.7. The van der Waals surface area contributed by atoms with E-state index in [1.807, 2.05) is 0 Å². The molecule has 0 radical (unpaired) electrons. The molecule has 0 bridgehead atoms. The Kier molecular flexibility index (Phi) is 11.1. The lowest BCUT2D eigenvalue weighted by atomic mass is 9.84. The maximum absolute atomic E-state index is 11.2. The molecule has 2 saturated heterocycles. The minimum atomic E-state index is -1.34. The second-order valence-electron chi connectivity index (χ2n) is 11.2. The topological polar surface area (TPSA) is 248 Å². The van der Waals surface area contributed by atoms with Gasteiger partial charge in [0.1, 0.15) is 24.4 Å². The number of thioether (sulfide) groups is 1. The minimum Gasteiger partial charge on any atom is -0.390 e. The van der Waals surface area contributed by atoms with Gasteiger partial charge >= 0.3 is 0 Å². The molecule has 2 aliphatic heterocycles. The lowest BCUT2D eigenvalue weighted by Gasteiger charge is -2.48. The van der Waals surface area contributed by atoms with Gasteiger partial charge in [0, 0.05) is 29.6 Å². The molecule has 0 amide bonds. The molecular weight excluding hydrogens is 518 g/mol. The summed E-state index contributed by atoms with van der Waals surface area (Å²) in [5.41, 5.74) is 30.6. The normalized spacial score (nSPS) is 49.2. The van der Waals surface area contributed by atoms with Crippen molar-refractivity contribution >= 4 is 11.8 Å². The fourth-order valence-electron chi connectivity index (χ4n) is 5.88. The Balaban J connectivity index is 1.40. The first-order valence-electron chi connectivity index (χ1n) is 13.8. The Morgan fingerprint density at radius 3 is 1.95 bits per heavy atom. The van der Waals surface area contributed by atoms with Gasteiger partial charge in [-0.25, -0.2) is 0 Å². The number of ether oxygens (including phenoxy) is 4. The highest BCUT2D eigenvalue weighted by molar-refractivity contribution is 7.99. The summed E-state index contributed by atoms with van der Waals surface area (Å²) in [6.07, 6.45) is -3.59. The number of nitrogens with two attached hydrogens (primary N) is 5. The first-order valence-corrected chi connectivity index (χ1v) is 14.8. The van der Waals surface area contributed by atoms with Crippen LogP contribution in [0.1, 0.15) is 44.9 Å². The molecule has 0 unspecified atom stereocenters. The smallest absolute Gasteiger partial charge is 0.186 e. The maximum Gasteiger partial charge on any atom is 0.186 e. The van der Waals surface area contributed by atoms with Gasteiger partial charge < -0.3 is 68.0 Å². The van der Waals surface area contributed by atoms with Crippen molar-refractivity contribution in [2.24, 2.45) is 28.7 Å². The number of hydrogen-bond donors (Lipinski definition) is 9. The van der Waals surface area contributed by atoms with Crippen LogP contribution < -0.4 is 28.7 Å². The van der Waals surface area contributed by atoms with E-state index in [4.69, 9.17) is 47.6 Å². The Morgan fingerprint density at radius 1 is 0.711 bits per heavy atom. The van der Waals surface area contributed by atoms with Gasteiger partial charge in [0.05, 0.1) is 36.5 Å². The van der Waals surface area contributed by atoms with Gasteiger partial charge in [-0.05, 0) is 25.7 Å². The highest BCUT2D eigenvalue weighted by Gasteiger charge is 2.50. The quantitative estimate of drug-likeness (QED) is 0.140. The maximum atomic E-state index is 11.2. The molecule has 38 heavy (non-hydrogen) atoms. The molecule has 222 valence electrons. The predicted molar refractivity (Wildman–Crippen MR) is 141 cm³/mol. The van der Waals surface area contributed by atoms with Gasteiger partial charge in [0.2, 0.25) is 0 Å². The first-order chi connectivity index (χ1) is 18.1. The Morgan fingerprint density at radius 2 is 1.32 bits per heavy atom. The summed E-state index contributed by atoms with van der Waals surface area (Å²) in [7, 11) is 0. The van der Waals surface area contributed by atoms with Gasteiger partial charge in [-0.15, -0.1) is 0 Å². The van der Waals surface area contributed by atoms with Gasteiger partial charge in [-0.1, -0.05) is 19.3 Å². The second-order valence-corrected chi connectivity index (χ2v) is 12.5. The molecule has 0 aromatic rings. The zero-order valence-electron chi connectivity index (χ0n) is 21.7. The van der Waals surface area contributed by atoms with Crippen molar-refractivity contribution in [1.82, 2.24) is 0 Å². The van der Waals surface area contributed by atoms with Crippen LogP contribution in [-0.2, 0) is 18.9 Å². The van der Waals surface area contributed by atoms with Crippen LogP contribution >= 0.6 is 11.8 Å². The van der Waals surface area contributed by atoms with E-state index < -0.39 is 85.6 Å². The zero-order chi connectivity index (χ0) is 27.6. The molecule has 13 nitrogen and oxygen atoms in total. The standard InChI is InChI=1S/C24H47N5O8S/c25-8-15-14(30)7-13(28)23(34-15)36-21-11(26)6-12(27)22(20(21)33)37-24-19(32)17(29)18(31)16(35-24)9-38-10-4-2-1-3-5-10/h10-24,30-33H,1-9,25-29H2/t11-,12+,13+,14-,15+,16+,17-,18+,19+,20-,21+,22-,23+,24+/m0/s1. The summed E-state index contributed by atoms with van der Waals surface area (Å²) in [6.45, 7) is 0.0762. The van der Waals surface area contributed by atoms with E-state index >= 15 is 0 Å². The molecule has 4 aliphatic rings. The average molecular weight is 566 g/mol. The lowest BCUT2D eigenvalue weighted by molar-refractivity contribution is -0.309. The van der Waals surface area contributed by atoms with Crippen LogP contribution in [0.2, 0.25) is 0 Å². The van der Waals surface area contributed by atoms with Crippen molar-refractivity contribution in [3.05, 3.63) is 0 Å². The molecule has 2 saturated carbocycles. The summed E-state index contributed by atoms with van der Waals surface area (Å²) >= 11 is 1.74. The van der Waals surface area contributed by atoms with Gasteiger partial charge in [0.25, 0.3) is 0 Å². The number of aliphatic hydroxyl groups excluding tert-OH is 4. The third-order valence-electron chi connectivity index (χ3n) is 8.28. The van der Waals surface area contributed by atoms with Crippen molar-refractivity contribution in [1.29, 1.82) is 0 Å². The van der Waals surface area contributed by atoms with Crippen LogP contribution in [0.25, 0.3) is 0 Å². The molecular formula is C24H47N5O8S. The van der Waals surface area contributed by atoms with E-state index in [0.29, 0.717) is 11.0 Å². The van der Waals surface area contributed by atoms with Gasteiger partial charge in [-0.2, -0.15) is 11.8 Å². The van der Waals surface area contributed by atoms with Crippen LogP contribution in [0.15, 0.2) is 0 Å². The third-order valence-corrected chi connectivity index (χ3v) is 9.75. The van der Waals surface area contributed by atoms with Crippen LogP contribution in [0.3, 0.4) is 0 Å². The molecule has 14 heteroatoms. The summed E-state index contributed by atoms with van der Waals surface area (Å²) < 4.78 is 23.8. The van der Waals surface area contributed by atoms with Crippen LogP contribution in [0, 0.1) is 0 Å². The number of aliphatic hydroxyl groups is 4. The monoisotopic (exact) mass is 565 g/mol. The fourth-order valence-corrected chi connectivity index (χ4v) is 7.28. The molecule has 14 atom stereocenters. The van der Waals surface area contributed by atoms with E-state index in [9.17, 15) is 20.4 Å². The van der Waals surface area contributed by atoms with Crippen molar-refractivity contribution in [3.63, 3.8) is 0 Å². The molecule has 14 N–H and O–H groups in total. The Bertz CT molecular complexity index is 742. The zero-order valence-corrected chi connectivity index (χ0v) is 22.6. The van der Waals surface area contributed by atoms with E-state index in [1.54, 1.807) is 11.8 Å². The molecule has 0 aromatic carbocycles. The van der Waals surface area contributed by atoms with Crippen LogP contribution in [0.4, 0.5) is 0 Å². The molecule has 0 spiro atoms. The summed E-state index contributed by atoms with van der Waals surface area (Å²) in [4.78, 5) is 0. The fraction of sp³-hybridized carbons (Fsp3) is 1.00. The van der Waals surface area contributed by atoms with Crippen molar-refractivity contribution in [3.8, 4) is 0 Å². The van der Waals surface area contributed by atoms with Crippen molar-refractivity contribution in [2.75, 3.05) is 12.3 Å². The summed E-state index contributed by atoms with van der Waals surface area (Å²) in [5, 5.41) is 43.3. The van der Waals surface area contributed by atoms with E-state index in [1.165, 1.54) is 19.3 Å². The molecule has 4 fully saturated rings. The minimum absolute atomic E-state index is 0.0762. The van der Waals surface area contributed by atoms with Crippen LogP contribution in [0.5, 0.6) is 0 Å². The Hall–Kier alpha value is -0.170. The van der Waals surface area contributed by atoms with E-state index in [0.717, 1.165) is 12.8 Å². The Labute approximate surface area is 228 Å². The molecule has 0 aromatic heterocycles. The molecule has 2 heterocycles. The highest BCUT2D eigenvalue weighted by atomic mass is 32.2. The number of rotatable bonds is 8. The third kappa shape index (κ3) is 6.99.